The summed E-state index contributed by atoms with van der Waals surface area (Å²) in [5.74, 6) is -0.586. The lowest BCUT2D eigenvalue weighted by Crippen LogP contribution is -2.25. The van der Waals surface area contributed by atoms with Crippen LogP contribution in [-0.2, 0) is 4.79 Å². The quantitative estimate of drug-likeness (QED) is 0.784. The van der Waals surface area contributed by atoms with Crippen molar-refractivity contribution in [3.05, 3.63) is 29.3 Å². The third-order valence-corrected chi connectivity index (χ3v) is 4.70. The summed E-state index contributed by atoms with van der Waals surface area (Å²) < 4.78 is 0. The zero-order chi connectivity index (χ0) is 12.8. The zero-order valence-electron chi connectivity index (χ0n) is 10.0. The van der Waals surface area contributed by atoms with Gasteiger partial charge in [-0.1, -0.05) is 50.4 Å². The lowest BCUT2D eigenvalue weighted by atomic mass is 9.99. The second-order valence-electron chi connectivity index (χ2n) is 3.88. The second-order valence-corrected chi connectivity index (χ2v) is 5.47. The van der Waals surface area contributed by atoms with E-state index in [-0.39, 0.29) is 5.92 Å². The average molecular weight is 273 g/mol. The minimum absolute atomic E-state index is 0.175. The fourth-order valence-corrected chi connectivity index (χ4v) is 3.30. The van der Waals surface area contributed by atoms with E-state index >= 15 is 0 Å². The maximum atomic E-state index is 11.3. The molecule has 1 aromatic rings. The number of thioether (sulfide) groups is 1. The van der Waals surface area contributed by atoms with Gasteiger partial charge in [-0.05, 0) is 18.1 Å². The van der Waals surface area contributed by atoms with E-state index in [2.05, 4.69) is 0 Å². The van der Waals surface area contributed by atoms with Gasteiger partial charge in [0.2, 0.25) is 0 Å². The molecular weight excluding hydrogens is 256 g/mol. The van der Waals surface area contributed by atoms with Crippen LogP contribution in [-0.4, -0.2) is 16.3 Å². The monoisotopic (exact) mass is 272 g/mol. The molecule has 0 saturated carbocycles. The standard InChI is InChI=1S/C13H17ClO2S/c1-3-9(4-2)12(13(15)16)17-11-8-6-5-7-10(11)14/h5-9,12H,3-4H2,1-2H3,(H,15,16). The van der Waals surface area contributed by atoms with E-state index in [1.807, 2.05) is 32.0 Å². The molecule has 0 saturated heterocycles. The highest BCUT2D eigenvalue weighted by molar-refractivity contribution is 8.00. The highest BCUT2D eigenvalue weighted by atomic mass is 35.5. The largest absolute Gasteiger partial charge is 0.480 e. The first-order valence-corrected chi connectivity index (χ1v) is 6.99. The first-order valence-electron chi connectivity index (χ1n) is 5.74. The molecule has 1 N–H and O–H groups in total. The van der Waals surface area contributed by atoms with Gasteiger partial charge in [-0.25, -0.2) is 0 Å². The minimum atomic E-state index is -0.761. The van der Waals surface area contributed by atoms with Crippen LogP contribution in [0.3, 0.4) is 0 Å². The Labute approximate surface area is 111 Å². The Hall–Kier alpha value is -0.670. The maximum absolute atomic E-state index is 11.3. The molecule has 2 nitrogen and oxygen atoms in total. The van der Waals surface area contributed by atoms with Crippen LogP contribution < -0.4 is 0 Å². The minimum Gasteiger partial charge on any atom is -0.480 e. The van der Waals surface area contributed by atoms with Gasteiger partial charge >= 0.3 is 5.97 Å². The lowest BCUT2D eigenvalue weighted by molar-refractivity contribution is -0.137. The van der Waals surface area contributed by atoms with Crippen molar-refractivity contribution in [1.29, 1.82) is 0 Å². The summed E-state index contributed by atoms with van der Waals surface area (Å²) in [5, 5.41) is 9.49. The Bertz CT molecular complexity index is 377. The average Bonchev–Trinajstić information content (AvgIpc) is 2.31. The van der Waals surface area contributed by atoms with Crippen molar-refractivity contribution in [3.8, 4) is 0 Å². The molecule has 0 fully saturated rings. The third kappa shape index (κ3) is 3.93. The summed E-state index contributed by atoms with van der Waals surface area (Å²) in [6.07, 6.45) is 1.73. The van der Waals surface area contributed by atoms with Gasteiger partial charge in [-0.3, -0.25) is 4.79 Å². The van der Waals surface area contributed by atoms with Gasteiger partial charge < -0.3 is 5.11 Å². The summed E-state index contributed by atoms with van der Waals surface area (Å²) in [7, 11) is 0. The molecule has 17 heavy (non-hydrogen) atoms. The Balaban J connectivity index is 2.87. The van der Waals surface area contributed by atoms with Crippen LogP contribution in [0.2, 0.25) is 5.02 Å². The first kappa shape index (κ1) is 14.4. The Kier molecular flexibility index (Phi) is 5.86. The van der Waals surface area contributed by atoms with Crippen LogP contribution in [0.15, 0.2) is 29.2 Å². The van der Waals surface area contributed by atoms with Crippen LogP contribution in [0.25, 0.3) is 0 Å². The van der Waals surface area contributed by atoms with Gasteiger partial charge in [0.05, 0.1) is 5.02 Å². The number of carboxylic acids is 1. The molecule has 0 amide bonds. The summed E-state index contributed by atoms with van der Waals surface area (Å²) in [6.45, 7) is 4.05. The van der Waals surface area contributed by atoms with E-state index in [1.54, 1.807) is 6.07 Å². The van der Waals surface area contributed by atoms with E-state index in [1.165, 1.54) is 11.8 Å². The molecule has 0 heterocycles. The van der Waals surface area contributed by atoms with Crippen LogP contribution in [0.1, 0.15) is 26.7 Å². The SMILES string of the molecule is CCC(CC)C(Sc1ccccc1Cl)C(=O)O. The molecule has 4 heteroatoms. The van der Waals surface area contributed by atoms with Gasteiger partial charge in [0.15, 0.2) is 0 Å². The molecule has 94 valence electrons. The van der Waals surface area contributed by atoms with E-state index < -0.39 is 11.2 Å². The van der Waals surface area contributed by atoms with Crippen molar-refractivity contribution in [2.45, 2.75) is 36.8 Å². The maximum Gasteiger partial charge on any atom is 0.317 e. The number of carboxylic acid groups (broad SMARTS) is 1. The van der Waals surface area contributed by atoms with Crippen molar-refractivity contribution < 1.29 is 9.90 Å². The van der Waals surface area contributed by atoms with Crippen molar-refractivity contribution in [2.24, 2.45) is 5.92 Å². The van der Waals surface area contributed by atoms with Gasteiger partial charge in [0.25, 0.3) is 0 Å². The normalized spacial score (nSPS) is 12.7. The van der Waals surface area contributed by atoms with E-state index in [4.69, 9.17) is 11.6 Å². The van der Waals surface area contributed by atoms with Gasteiger partial charge in [0, 0.05) is 4.90 Å². The van der Waals surface area contributed by atoms with Crippen LogP contribution >= 0.6 is 23.4 Å². The van der Waals surface area contributed by atoms with E-state index in [9.17, 15) is 9.90 Å². The number of rotatable bonds is 6. The topological polar surface area (TPSA) is 37.3 Å². The smallest absolute Gasteiger partial charge is 0.317 e. The van der Waals surface area contributed by atoms with Crippen molar-refractivity contribution >= 4 is 29.3 Å². The molecular formula is C13H17ClO2S. The predicted molar refractivity (Wildman–Crippen MR) is 72.8 cm³/mol. The molecule has 0 aliphatic rings. The Morgan fingerprint density at radius 2 is 1.94 bits per heavy atom. The van der Waals surface area contributed by atoms with Crippen LogP contribution in [0.4, 0.5) is 0 Å². The number of hydrogen-bond donors (Lipinski definition) is 1. The summed E-state index contributed by atoms with van der Waals surface area (Å²) >= 11 is 7.40. The zero-order valence-corrected chi connectivity index (χ0v) is 11.6. The van der Waals surface area contributed by atoms with Crippen molar-refractivity contribution in [3.63, 3.8) is 0 Å². The molecule has 1 unspecified atom stereocenters. The van der Waals surface area contributed by atoms with Gasteiger partial charge in [0.1, 0.15) is 5.25 Å². The molecule has 1 rings (SSSR count). The molecule has 0 aliphatic carbocycles. The van der Waals surface area contributed by atoms with Crippen LogP contribution in [0, 0.1) is 5.92 Å². The van der Waals surface area contributed by atoms with E-state index in [0.29, 0.717) is 5.02 Å². The number of hydrogen-bond acceptors (Lipinski definition) is 2. The lowest BCUT2D eigenvalue weighted by Gasteiger charge is -2.21. The number of aliphatic carboxylic acids is 1. The van der Waals surface area contributed by atoms with Crippen LogP contribution in [0.5, 0.6) is 0 Å². The highest BCUT2D eigenvalue weighted by Gasteiger charge is 2.27. The highest BCUT2D eigenvalue weighted by Crippen LogP contribution is 2.35. The number of carbonyl (C=O) groups is 1. The van der Waals surface area contributed by atoms with Crippen molar-refractivity contribution in [2.75, 3.05) is 0 Å². The van der Waals surface area contributed by atoms with E-state index in [0.717, 1.165) is 17.7 Å². The first-order chi connectivity index (χ1) is 8.10. The fourth-order valence-electron chi connectivity index (χ4n) is 1.74. The third-order valence-electron chi connectivity index (χ3n) is 2.81. The van der Waals surface area contributed by atoms with Gasteiger partial charge in [-0.15, -0.1) is 11.8 Å². The Morgan fingerprint density at radius 3 is 2.41 bits per heavy atom. The molecule has 0 aliphatic heterocycles. The molecule has 1 aromatic carbocycles. The summed E-state index contributed by atoms with van der Waals surface area (Å²) in [4.78, 5) is 12.2. The number of halogens is 1. The number of benzene rings is 1. The summed E-state index contributed by atoms with van der Waals surface area (Å²) in [5.41, 5.74) is 0. The Morgan fingerprint density at radius 1 is 1.35 bits per heavy atom. The molecule has 0 radical (unpaired) electrons. The molecule has 0 bridgehead atoms. The molecule has 1 atom stereocenters. The second kappa shape index (κ2) is 6.92. The van der Waals surface area contributed by atoms with Gasteiger partial charge in [-0.2, -0.15) is 0 Å². The van der Waals surface area contributed by atoms with Crippen molar-refractivity contribution in [1.82, 2.24) is 0 Å². The predicted octanol–water partition coefficient (Wildman–Crippen LogP) is 4.32. The molecule has 0 spiro atoms. The fraction of sp³-hybridized carbons (Fsp3) is 0.462. The summed E-state index contributed by atoms with van der Waals surface area (Å²) in [6, 6.07) is 7.38. The molecule has 0 aromatic heterocycles.